The van der Waals surface area contributed by atoms with Gasteiger partial charge >= 0.3 is 0 Å². The fourth-order valence-electron chi connectivity index (χ4n) is 2.49. The molecule has 0 atom stereocenters. The number of anilines is 1. The fourth-order valence-corrected chi connectivity index (χ4v) is 2.49. The lowest BCUT2D eigenvalue weighted by molar-refractivity contribution is -0.116. The van der Waals surface area contributed by atoms with Crippen LogP contribution < -0.4 is 5.32 Å². The number of pyridine rings is 1. The van der Waals surface area contributed by atoms with E-state index in [0.717, 1.165) is 29.2 Å². The van der Waals surface area contributed by atoms with Gasteiger partial charge in [-0.05, 0) is 37.6 Å². The molecule has 2 aromatic heterocycles. The Bertz CT molecular complexity index is 873. The molecule has 1 N–H and O–H groups in total. The first-order chi connectivity index (χ1) is 11.0. The summed E-state index contributed by atoms with van der Waals surface area (Å²) in [5.41, 5.74) is 2.91. The summed E-state index contributed by atoms with van der Waals surface area (Å²) in [6.07, 6.45) is 2.63. The van der Waals surface area contributed by atoms with Crippen molar-refractivity contribution in [2.75, 3.05) is 5.32 Å². The standard InChI is InChI=1S/C17H15F2N3O/c1-11-15(22-9-3-2-4-16(22)20-11)7-8-17(23)21-12-5-6-13(18)14(19)10-12/h2-6,9-10H,7-8H2,1H3,(H,21,23). The topological polar surface area (TPSA) is 46.4 Å². The van der Waals surface area contributed by atoms with Crippen LogP contribution in [0.15, 0.2) is 42.6 Å². The summed E-state index contributed by atoms with van der Waals surface area (Å²) in [7, 11) is 0. The second kappa shape index (κ2) is 6.16. The molecule has 1 amide bonds. The van der Waals surface area contributed by atoms with E-state index in [-0.39, 0.29) is 18.0 Å². The van der Waals surface area contributed by atoms with E-state index in [1.165, 1.54) is 6.07 Å². The Hall–Kier alpha value is -2.76. The van der Waals surface area contributed by atoms with Gasteiger partial charge in [-0.25, -0.2) is 13.8 Å². The number of hydrogen-bond acceptors (Lipinski definition) is 2. The minimum absolute atomic E-state index is 0.225. The second-order valence-electron chi connectivity index (χ2n) is 5.25. The van der Waals surface area contributed by atoms with Gasteiger partial charge in [-0.3, -0.25) is 4.79 Å². The van der Waals surface area contributed by atoms with E-state index in [2.05, 4.69) is 10.3 Å². The molecule has 2 heterocycles. The average molecular weight is 315 g/mol. The van der Waals surface area contributed by atoms with Crippen LogP contribution in [0.2, 0.25) is 0 Å². The lowest BCUT2D eigenvalue weighted by atomic mass is 10.2. The van der Waals surface area contributed by atoms with Gasteiger partial charge in [-0.15, -0.1) is 0 Å². The Morgan fingerprint density at radius 2 is 2.04 bits per heavy atom. The van der Waals surface area contributed by atoms with Crippen molar-refractivity contribution in [2.24, 2.45) is 0 Å². The Labute approximate surface area is 131 Å². The number of aryl methyl sites for hydroxylation is 2. The number of hydrogen-bond donors (Lipinski definition) is 1. The zero-order valence-electron chi connectivity index (χ0n) is 12.5. The summed E-state index contributed by atoms with van der Waals surface area (Å²) in [6, 6.07) is 8.99. The third-order valence-corrected chi connectivity index (χ3v) is 3.62. The minimum atomic E-state index is -0.986. The van der Waals surface area contributed by atoms with E-state index >= 15 is 0 Å². The van der Waals surface area contributed by atoms with Crippen LogP contribution in [0, 0.1) is 18.6 Å². The predicted octanol–water partition coefficient (Wildman–Crippen LogP) is 3.49. The van der Waals surface area contributed by atoms with E-state index in [4.69, 9.17) is 0 Å². The van der Waals surface area contributed by atoms with Crippen LogP contribution in [0.3, 0.4) is 0 Å². The minimum Gasteiger partial charge on any atom is -0.326 e. The van der Waals surface area contributed by atoms with Crippen molar-refractivity contribution in [1.82, 2.24) is 9.38 Å². The Morgan fingerprint density at radius 3 is 2.83 bits per heavy atom. The third kappa shape index (κ3) is 3.21. The second-order valence-corrected chi connectivity index (χ2v) is 5.25. The number of imidazole rings is 1. The highest BCUT2D eigenvalue weighted by molar-refractivity contribution is 5.90. The van der Waals surface area contributed by atoms with Crippen molar-refractivity contribution < 1.29 is 13.6 Å². The van der Waals surface area contributed by atoms with Crippen molar-refractivity contribution in [3.8, 4) is 0 Å². The first-order valence-electron chi connectivity index (χ1n) is 7.22. The molecule has 4 nitrogen and oxygen atoms in total. The highest BCUT2D eigenvalue weighted by Gasteiger charge is 2.11. The first kappa shape index (κ1) is 15.1. The van der Waals surface area contributed by atoms with Gasteiger partial charge in [0.25, 0.3) is 0 Å². The molecule has 0 aliphatic carbocycles. The monoisotopic (exact) mass is 315 g/mol. The molecule has 23 heavy (non-hydrogen) atoms. The molecule has 0 aliphatic rings. The molecule has 0 fully saturated rings. The number of benzene rings is 1. The summed E-state index contributed by atoms with van der Waals surface area (Å²) in [5.74, 6) is -2.19. The van der Waals surface area contributed by atoms with Crippen LogP contribution in [-0.2, 0) is 11.2 Å². The van der Waals surface area contributed by atoms with Gasteiger partial charge in [-0.1, -0.05) is 6.07 Å². The highest BCUT2D eigenvalue weighted by atomic mass is 19.2. The summed E-state index contributed by atoms with van der Waals surface area (Å²) >= 11 is 0. The summed E-state index contributed by atoms with van der Waals surface area (Å²) in [4.78, 5) is 16.4. The fraction of sp³-hybridized carbons (Fsp3) is 0.176. The maximum atomic E-state index is 13.1. The molecule has 0 radical (unpaired) electrons. The Kier molecular flexibility index (Phi) is 4.06. The maximum Gasteiger partial charge on any atom is 0.224 e. The number of rotatable bonds is 4. The molecule has 0 unspecified atom stereocenters. The molecule has 6 heteroatoms. The first-order valence-corrected chi connectivity index (χ1v) is 7.22. The number of aromatic nitrogens is 2. The number of amides is 1. The van der Waals surface area contributed by atoms with E-state index in [9.17, 15) is 13.6 Å². The van der Waals surface area contributed by atoms with Gasteiger partial charge in [-0.2, -0.15) is 0 Å². The van der Waals surface area contributed by atoms with E-state index in [1.807, 2.05) is 35.7 Å². The van der Waals surface area contributed by atoms with Gasteiger partial charge in [0.15, 0.2) is 11.6 Å². The number of nitrogens with zero attached hydrogens (tertiary/aromatic N) is 2. The number of nitrogens with one attached hydrogen (secondary N) is 1. The number of halogens is 2. The van der Waals surface area contributed by atoms with Gasteiger partial charge in [0.05, 0.1) is 5.69 Å². The zero-order valence-corrected chi connectivity index (χ0v) is 12.5. The van der Waals surface area contributed by atoms with Crippen LogP contribution in [-0.4, -0.2) is 15.3 Å². The molecule has 0 aliphatic heterocycles. The molecular formula is C17H15F2N3O. The summed E-state index contributed by atoms with van der Waals surface area (Å²) < 4.78 is 27.9. The molecule has 3 aromatic rings. The van der Waals surface area contributed by atoms with E-state index < -0.39 is 11.6 Å². The molecule has 0 saturated carbocycles. The van der Waals surface area contributed by atoms with Crippen LogP contribution in [0.4, 0.5) is 14.5 Å². The lowest BCUT2D eigenvalue weighted by Crippen LogP contribution is -2.13. The largest absolute Gasteiger partial charge is 0.326 e. The van der Waals surface area contributed by atoms with E-state index in [0.29, 0.717) is 6.42 Å². The van der Waals surface area contributed by atoms with Crippen LogP contribution in [0.1, 0.15) is 17.8 Å². The quantitative estimate of drug-likeness (QED) is 0.801. The lowest BCUT2D eigenvalue weighted by Gasteiger charge is -2.06. The van der Waals surface area contributed by atoms with E-state index in [1.54, 1.807) is 0 Å². The van der Waals surface area contributed by atoms with Gasteiger partial charge < -0.3 is 9.72 Å². The Morgan fingerprint density at radius 1 is 1.22 bits per heavy atom. The normalized spacial score (nSPS) is 10.9. The summed E-state index contributed by atoms with van der Waals surface area (Å²) in [5, 5.41) is 2.56. The predicted molar refractivity (Wildman–Crippen MR) is 83.2 cm³/mol. The number of fused-ring (bicyclic) bond motifs is 1. The zero-order chi connectivity index (χ0) is 16.4. The Balaban J connectivity index is 1.68. The molecule has 3 rings (SSSR count). The smallest absolute Gasteiger partial charge is 0.224 e. The molecule has 0 spiro atoms. The van der Waals surface area contributed by atoms with Crippen molar-refractivity contribution in [1.29, 1.82) is 0 Å². The van der Waals surface area contributed by atoms with Gasteiger partial charge in [0.2, 0.25) is 5.91 Å². The maximum absolute atomic E-state index is 13.1. The SMILES string of the molecule is Cc1nc2ccccn2c1CCC(=O)Nc1ccc(F)c(F)c1. The van der Waals surface area contributed by atoms with Gasteiger partial charge in [0, 0.05) is 30.1 Å². The third-order valence-electron chi connectivity index (χ3n) is 3.62. The molecule has 1 aromatic carbocycles. The average Bonchev–Trinajstić information content (AvgIpc) is 2.84. The van der Waals surface area contributed by atoms with Crippen molar-refractivity contribution in [3.63, 3.8) is 0 Å². The van der Waals surface area contributed by atoms with Crippen molar-refractivity contribution in [2.45, 2.75) is 19.8 Å². The highest BCUT2D eigenvalue weighted by Crippen LogP contribution is 2.16. The van der Waals surface area contributed by atoms with Crippen molar-refractivity contribution >= 4 is 17.2 Å². The van der Waals surface area contributed by atoms with Crippen LogP contribution in [0.5, 0.6) is 0 Å². The van der Waals surface area contributed by atoms with Crippen LogP contribution in [0.25, 0.3) is 5.65 Å². The van der Waals surface area contributed by atoms with Crippen molar-refractivity contribution in [3.05, 3.63) is 65.6 Å². The number of carbonyl (C=O) groups is 1. The van der Waals surface area contributed by atoms with Crippen LogP contribution >= 0.6 is 0 Å². The molecule has 0 saturated heterocycles. The number of carbonyl (C=O) groups excluding carboxylic acids is 1. The summed E-state index contributed by atoms with van der Waals surface area (Å²) in [6.45, 7) is 1.90. The van der Waals surface area contributed by atoms with Gasteiger partial charge in [0.1, 0.15) is 5.65 Å². The molecule has 0 bridgehead atoms. The molecular weight excluding hydrogens is 300 g/mol. The molecule has 118 valence electrons.